The number of aromatic nitrogens is 1. The molecule has 0 aliphatic rings. The maximum absolute atomic E-state index is 12.4. The molecule has 0 radical (unpaired) electrons. The van der Waals surface area contributed by atoms with E-state index < -0.39 is 17.9 Å². The highest BCUT2D eigenvalue weighted by molar-refractivity contribution is 6.08. The number of hydrogen-bond acceptors (Lipinski definition) is 3. The lowest BCUT2D eigenvalue weighted by molar-refractivity contribution is -0.140. The molecule has 21 heavy (non-hydrogen) atoms. The van der Waals surface area contributed by atoms with Crippen LogP contribution < -0.4 is 5.32 Å². The maximum atomic E-state index is 12.4. The second-order valence-corrected chi connectivity index (χ2v) is 5.44. The summed E-state index contributed by atoms with van der Waals surface area (Å²) in [6.07, 6.45) is 3.28. The van der Waals surface area contributed by atoms with E-state index in [1.54, 1.807) is 32.3 Å². The van der Waals surface area contributed by atoms with Crippen molar-refractivity contribution in [2.45, 2.75) is 26.8 Å². The number of pyridine rings is 1. The summed E-state index contributed by atoms with van der Waals surface area (Å²) in [5.74, 6) is -1.62. The quantitative estimate of drug-likeness (QED) is 0.904. The molecule has 1 heterocycles. The van der Waals surface area contributed by atoms with Gasteiger partial charge >= 0.3 is 5.97 Å². The summed E-state index contributed by atoms with van der Waals surface area (Å²) < 4.78 is 0. The molecule has 2 rings (SSSR count). The maximum Gasteiger partial charge on any atom is 0.326 e. The minimum absolute atomic E-state index is 0.194. The van der Waals surface area contributed by atoms with Crippen LogP contribution in [0.4, 0.5) is 0 Å². The number of carbonyl (C=O) groups is 2. The SMILES string of the molecule is Cc1cc(C(=O)N[C@@H](C(=O)O)C(C)C)c2cnccc2c1. The van der Waals surface area contributed by atoms with Crippen molar-refractivity contribution in [1.82, 2.24) is 10.3 Å². The van der Waals surface area contributed by atoms with Crippen LogP contribution in [0.1, 0.15) is 29.8 Å². The van der Waals surface area contributed by atoms with E-state index in [9.17, 15) is 14.7 Å². The number of nitrogens with zero attached hydrogens (tertiary/aromatic N) is 1. The number of nitrogens with one attached hydrogen (secondary N) is 1. The van der Waals surface area contributed by atoms with E-state index >= 15 is 0 Å². The number of aliphatic carboxylic acids is 1. The van der Waals surface area contributed by atoms with Gasteiger partial charge in [0.05, 0.1) is 0 Å². The average molecular weight is 286 g/mol. The van der Waals surface area contributed by atoms with Crippen LogP contribution in [0, 0.1) is 12.8 Å². The molecule has 1 amide bonds. The Morgan fingerprint density at radius 1 is 1.29 bits per heavy atom. The molecule has 2 N–H and O–H groups in total. The van der Waals surface area contributed by atoms with E-state index in [4.69, 9.17) is 0 Å². The molecule has 5 nitrogen and oxygen atoms in total. The monoisotopic (exact) mass is 286 g/mol. The molecule has 1 aromatic carbocycles. The molecule has 2 aromatic rings. The topological polar surface area (TPSA) is 79.3 Å². The smallest absolute Gasteiger partial charge is 0.326 e. The number of carboxylic acids is 1. The number of benzene rings is 1. The number of carbonyl (C=O) groups excluding carboxylic acids is 1. The Kier molecular flexibility index (Phi) is 4.21. The summed E-state index contributed by atoms with van der Waals surface area (Å²) >= 11 is 0. The van der Waals surface area contributed by atoms with Crippen molar-refractivity contribution >= 4 is 22.6 Å². The van der Waals surface area contributed by atoms with E-state index in [2.05, 4.69) is 10.3 Å². The van der Waals surface area contributed by atoms with Crippen molar-refractivity contribution in [3.8, 4) is 0 Å². The third-order valence-electron chi connectivity index (χ3n) is 3.36. The van der Waals surface area contributed by atoms with Gasteiger partial charge in [-0.3, -0.25) is 9.78 Å². The molecule has 0 unspecified atom stereocenters. The normalized spacial score (nSPS) is 12.4. The number of rotatable bonds is 4. The molecular formula is C16H18N2O3. The van der Waals surface area contributed by atoms with Gasteiger partial charge < -0.3 is 10.4 Å². The van der Waals surface area contributed by atoms with Gasteiger partial charge in [0.15, 0.2) is 0 Å². The largest absolute Gasteiger partial charge is 0.480 e. The van der Waals surface area contributed by atoms with Crippen molar-refractivity contribution < 1.29 is 14.7 Å². The molecule has 0 aliphatic heterocycles. The predicted molar refractivity (Wildman–Crippen MR) is 80.2 cm³/mol. The zero-order valence-electron chi connectivity index (χ0n) is 12.3. The Labute approximate surface area is 123 Å². The predicted octanol–water partition coefficient (Wildman–Crippen LogP) is 2.38. The highest BCUT2D eigenvalue weighted by atomic mass is 16.4. The summed E-state index contributed by atoms with van der Waals surface area (Å²) in [6, 6.07) is 4.63. The lowest BCUT2D eigenvalue weighted by Crippen LogP contribution is -2.44. The van der Waals surface area contributed by atoms with Crippen molar-refractivity contribution in [3.63, 3.8) is 0 Å². The van der Waals surface area contributed by atoms with Crippen LogP contribution in [-0.2, 0) is 4.79 Å². The summed E-state index contributed by atoms with van der Waals surface area (Å²) in [7, 11) is 0. The van der Waals surface area contributed by atoms with Gasteiger partial charge in [0.2, 0.25) is 0 Å². The third kappa shape index (κ3) is 3.18. The number of hydrogen-bond donors (Lipinski definition) is 2. The van der Waals surface area contributed by atoms with Gasteiger partial charge in [-0.25, -0.2) is 4.79 Å². The molecule has 0 aliphatic carbocycles. The summed E-state index contributed by atoms with van der Waals surface area (Å²) in [5.41, 5.74) is 1.39. The standard InChI is InChI=1S/C16H18N2O3/c1-9(2)14(16(20)21)18-15(19)12-7-10(3)6-11-4-5-17-8-13(11)12/h4-9,14H,1-3H3,(H,18,19)(H,20,21)/t14-/m1/s1. The van der Waals surface area contributed by atoms with Gasteiger partial charge in [0.25, 0.3) is 5.91 Å². The molecule has 1 atom stereocenters. The van der Waals surface area contributed by atoms with Crippen LogP contribution in [0.5, 0.6) is 0 Å². The molecule has 0 saturated carbocycles. The second-order valence-electron chi connectivity index (χ2n) is 5.44. The Hall–Kier alpha value is -2.43. The second kappa shape index (κ2) is 5.91. The van der Waals surface area contributed by atoms with Gasteiger partial charge in [-0.2, -0.15) is 0 Å². The fraction of sp³-hybridized carbons (Fsp3) is 0.312. The first-order valence-electron chi connectivity index (χ1n) is 6.78. The van der Waals surface area contributed by atoms with Gasteiger partial charge in [-0.05, 0) is 35.9 Å². The first-order valence-corrected chi connectivity index (χ1v) is 6.78. The van der Waals surface area contributed by atoms with Crippen molar-refractivity contribution in [1.29, 1.82) is 0 Å². The van der Waals surface area contributed by atoms with Crippen LogP contribution in [0.15, 0.2) is 30.6 Å². The van der Waals surface area contributed by atoms with Crippen molar-refractivity contribution in [2.75, 3.05) is 0 Å². The van der Waals surface area contributed by atoms with Crippen molar-refractivity contribution in [3.05, 3.63) is 41.7 Å². The first-order chi connectivity index (χ1) is 9.90. The molecule has 110 valence electrons. The third-order valence-corrected chi connectivity index (χ3v) is 3.36. The number of fused-ring (bicyclic) bond motifs is 1. The summed E-state index contributed by atoms with van der Waals surface area (Å²) in [5, 5.41) is 13.4. The molecule has 1 aromatic heterocycles. The highest BCUT2D eigenvalue weighted by Crippen LogP contribution is 2.20. The lowest BCUT2D eigenvalue weighted by Gasteiger charge is -2.18. The van der Waals surface area contributed by atoms with Gasteiger partial charge in [-0.1, -0.05) is 19.9 Å². The van der Waals surface area contributed by atoms with E-state index in [0.717, 1.165) is 10.9 Å². The summed E-state index contributed by atoms with van der Waals surface area (Å²) in [4.78, 5) is 27.7. The zero-order chi connectivity index (χ0) is 15.6. The van der Waals surface area contributed by atoms with Crippen LogP contribution in [0.25, 0.3) is 10.8 Å². The van der Waals surface area contributed by atoms with Crippen LogP contribution in [0.2, 0.25) is 0 Å². The van der Waals surface area contributed by atoms with Crippen LogP contribution in [-0.4, -0.2) is 28.0 Å². The van der Waals surface area contributed by atoms with Gasteiger partial charge in [0.1, 0.15) is 6.04 Å². The highest BCUT2D eigenvalue weighted by Gasteiger charge is 2.24. The van der Waals surface area contributed by atoms with E-state index in [0.29, 0.717) is 10.9 Å². The molecule has 0 saturated heterocycles. The fourth-order valence-corrected chi connectivity index (χ4v) is 2.27. The number of amides is 1. The minimum atomic E-state index is -1.03. The number of aryl methyl sites for hydroxylation is 1. The first kappa shape index (κ1) is 15.0. The summed E-state index contributed by atoms with van der Waals surface area (Å²) in [6.45, 7) is 5.41. The van der Waals surface area contributed by atoms with Gasteiger partial charge in [-0.15, -0.1) is 0 Å². The molecule has 0 fully saturated rings. The Morgan fingerprint density at radius 3 is 2.62 bits per heavy atom. The van der Waals surface area contributed by atoms with E-state index in [-0.39, 0.29) is 5.92 Å². The van der Waals surface area contributed by atoms with E-state index in [1.807, 2.05) is 19.1 Å². The lowest BCUT2D eigenvalue weighted by atomic mass is 10.0. The van der Waals surface area contributed by atoms with E-state index in [1.165, 1.54) is 0 Å². The molecule has 0 bridgehead atoms. The molecule has 0 spiro atoms. The van der Waals surface area contributed by atoms with Crippen LogP contribution in [0.3, 0.4) is 0 Å². The Morgan fingerprint density at radius 2 is 2.00 bits per heavy atom. The molecule has 5 heteroatoms. The van der Waals surface area contributed by atoms with Crippen molar-refractivity contribution in [2.24, 2.45) is 5.92 Å². The van der Waals surface area contributed by atoms with Crippen LogP contribution >= 0.6 is 0 Å². The zero-order valence-corrected chi connectivity index (χ0v) is 12.3. The Bertz CT molecular complexity index is 695. The van der Waals surface area contributed by atoms with Gasteiger partial charge in [0, 0.05) is 23.3 Å². The fourth-order valence-electron chi connectivity index (χ4n) is 2.27. The Balaban J connectivity index is 2.42. The average Bonchev–Trinajstić information content (AvgIpc) is 2.42. The number of carboxylic acid groups (broad SMARTS) is 1. The molecular weight excluding hydrogens is 268 g/mol. The minimum Gasteiger partial charge on any atom is -0.480 e.